The van der Waals surface area contributed by atoms with Gasteiger partial charge in [0.15, 0.2) is 0 Å². The molecular formula is C21H20O3Si. The Morgan fingerprint density at radius 1 is 0.600 bits per heavy atom. The summed E-state index contributed by atoms with van der Waals surface area (Å²) in [6.07, 6.45) is 1.78. The molecule has 25 heavy (non-hydrogen) atoms. The molecule has 0 amide bonds. The fourth-order valence-corrected chi connectivity index (χ4v) is 4.58. The minimum Gasteiger partial charge on any atom is -0.483 e. The van der Waals surface area contributed by atoms with E-state index in [9.17, 15) is 0 Å². The summed E-state index contributed by atoms with van der Waals surface area (Å²) in [4.78, 5) is 0. The molecule has 0 aliphatic carbocycles. The maximum absolute atomic E-state index is 6.27. The van der Waals surface area contributed by atoms with E-state index in [1.165, 1.54) is 0 Å². The average Bonchev–Trinajstić information content (AvgIpc) is 2.64. The van der Waals surface area contributed by atoms with Gasteiger partial charge in [-0.1, -0.05) is 60.7 Å². The van der Waals surface area contributed by atoms with E-state index in [1.54, 1.807) is 6.08 Å². The lowest BCUT2D eigenvalue weighted by molar-refractivity contribution is 0.265. The maximum atomic E-state index is 6.27. The number of allylic oxidation sites excluding steroid dienone is 1. The van der Waals surface area contributed by atoms with Gasteiger partial charge in [0.1, 0.15) is 17.2 Å². The summed E-state index contributed by atoms with van der Waals surface area (Å²) in [5.41, 5.74) is 0. The number of hydrogen-bond acceptors (Lipinski definition) is 3. The molecule has 0 unspecified atom stereocenters. The van der Waals surface area contributed by atoms with Crippen LogP contribution in [0.5, 0.6) is 17.2 Å². The molecule has 0 aliphatic rings. The van der Waals surface area contributed by atoms with Gasteiger partial charge >= 0.3 is 8.80 Å². The minimum atomic E-state index is -3.14. The smallest absolute Gasteiger partial charge is 0.483 e. The molecule has 0 N–H and O–H groups in total. The molecule has 3 aromatic carbocycles. The van der Waals surface area contributed by atoms with Crippen molar-refractivity contribution in [3.63, 3.8) is 0 Å². The quantitative estimate of drug-likeness (QED) is 0.406. The summed E-state index contributed by atoms with van der Waals surface area (Å²) in [6, 6.07) is 29.2. The highest BCUT2D eigenvalue weighted by atomic mass is 28.4. The van der Waals surface area contributed by atoms with Crippen LogP contribution in [0.25, 0.3) is 0 Å². The molecule has 0 heterocycles. The Morgan fingerprint density at radius 3 is 1.20 bits per heavy atom. The molecule has 0 saturated heterocycles. The second kappa shape index (κ2) is 8.21. The van der Waals surface area contributed by atoms with Gasteiger partial charge in [0, 0.05) is 0 Å². The first-order chi connectivity index (χ1) is 12.3. The Morgan fingerprint density at radius 2 is 0.920 bits per heavy atom. The third kappa shape index (κ3) is 4.75. The fourth-order valence-electron chi connectivity index (χ4n) is 2.37. The summed E-state index contributed by atoms with van der Waals surface area (Å²) >= 11 is 0. The fraction of sp³-hybridized carbons (Fsp3) is 0.0476. The van der Waals surface area contributed by atoms with E-state index in [0.29, 0.717) is 23.3 Å². The lowest BCUT2D eigenvalue weighted by atomic mass is 10.3. The van der Waals surface area contributed by atoms with Gasteiger partial charge in [-0.05, 0) is 36.4 Å². The van der Waals surface area contributed by atoms with E-state index in [-0.39, 0.29) is 0 Å². The van der Waals surface area contributed by atoms with E-state index < -0.39 is 8.80 Å². The highest BCUT2D eigenvalue weighted by Gasteiger charge is 2.48. The minimum absolute atomic E-state index is 0.478. The maximum Gasteiger partial charge on any atom is 0.703 e. The van der Waals surface area contributed by atoms with Crippen LogP contribution in [-0.2, 0) is 0 Å². The van der Waals surface area contributed by atoms with Crippen molar-refractivity contribution in [2.24, 2.45) is 0 Å². The predicted octanol–water partition coefficient (Wildman–Crippen LogP) is 5.35. The molecule has 0 radical (unpaired) electrons. The van der Waals surface area contributed by atoms with Crippen LogP contribution >= 0.6 is 0 Å². The van der Waals surface area contributed by atoms with E-state index in [0.717, 1.165) is 0 Å². The molecule has 0 fully saturated rings. The van der Waals surface area contributed by atoms with Crippen LogP contribution in [0.2, 0.25) is 6.04 Å². The van der Waals surface area contributed by atoms with Crippen LogP contribution < -0.4 is 13.3 Å². The van der Waals surface area contributed by atoms with Crippen molar-refractivity contribution in [3.8, 4) is 17.2 Å². The Balaban J connectivity index is 1.95. The van der Waals surface area contributed by atoms with Crippen molar-refractivity contribution in [3.05, 3.63) is 104 Å². The molecule has 0 saturated carbocycles. The van der Waals surface area contributed by atoms with Crippen molar-refractivity contribution in [2.45, 2.75) is 6.04 Å². The molecule has 4 heteroatoms. The summed E-state index contributed by atoms with van der Waals surface area (Å²) in [5.74, 6) is 2.13. The first kappa shape index (κ1) is 16.9. The number of rotatable bonds is 8. The number of para-hydroxylation sites is 3. The van der Waals surface area contributed by atoms with Crippen LogP contribution in [0.15, 0.2) is 104 Å². The molecule has 0 aromatic heterocycles. The van der Waals surface area contributed by atoms with Gasteiger partial charge in [-0.3, -0.25) is 0 Å². The Kier molecular flexibility index (Phi) is 5.54. The lowest BCUT2D eigenvalue weighted by Gasteiger charge is -2.29. The second-order valence-corrected chi connectivity index (χ2v) is 7.81. The number of benzene rings is 3. The van der Waals surface area contributed by atoms with Gasteiger partial charge in [-0.25, -0.2) is 0 Å². The van der Waals surface area contributed by atoms with Crippen LogP contribution in [0, 0.1) is 0 Å². The van der Waals surface area contributed by atoms with Gasteiger partial charge in [-0.2, -0.15) is 0 Å². The third-order valence-electron chi connectivity index (χ3n) is 3.44. The van der Waals surface area contributed by atoms with Gasteiger partial charge < -0.3 is 13.3 Å². The average molecular weight is 348 g/mol. The Labute approximate surface area is 149 Å². The van der Waals surface area contributed by atoms with Gasteiger partial charge in [-0.15, -0.1) is 6.58 Å². The van der Waals surface area contributed by atoms with Crippen molar-refractivity contribution in [2.75, 3.05) is 0 Å². The monoisotopic (exact) mass is 348 g/mol. The summed E-state index contributed by atoms with van der Waals surface area (Å²) in [7, 11) is -3.14. The van der Waals surface area contributed by atoms with E-state index in [1.807, 2.05) is 91.0 Å². The van der Waals surface area contributed by atoms with E-state index in [4.69, 9.17) is 13.3 Å². The molecule has 0 bridgehead atoms. The highest BCUT2D eigenvalue weighted by Crippen LogP contribution is 2.26. The topological polar surface area (TPSA) is 27.7 Å². The van der Waals surface area contributed by atoms with Crippen molar-refractivity contribution in [1.82, 2.24) is 0 Å². The van der Waals surface area contributed by atoms with Gasteiger partial charge in [0.25, 0.3) is 0 Å². The zero-order chi connectivity index (χ0) is 17.4. The molecule has 3 rings (SSSR count). The largest absolute Gasteiger partial charge is 0.703 e. The normalized spacial score (nSPS) is 10.7. The molecule has 3 nitrogen and oxygen atoms in total. The Bertz CT molecular complexity index is 675. The molecule has 0 spiro atoms. The van der Waals surface area contributed by atoms with Crippen molar-refractivity contribution >= 4 is 8.80 Å². The Hall–Kier alpha value is -2.98. The second-order valence-electron chi connectivity index (χ2n) is 5.42. The summed E-state index contributed by atoms with van der Waals surface area (Å²) in [6.45, 7) is 3.87. The first-order valence-electron chi connectivity index (χ1n) is 8.13. The van der Waals surface area contributed by atoms with Crippen LogP contribution in [0.1, 0.15) is 0 Å². The number of hydrogen-bond donors (Lipinski definition) is 0. The van der Waals surface area contributed by atoms with Gasteiger partial charge in [0.05, 0.1) is 6.04 Å². The standard InChI is InChI=1S/C21H20O3Si/c1-2-18-25(22-19-12-6-3-7-13-19,23-20-14-8-4-9-15-20)24-21-16-10-5-11-17-21/h2-17H,1,18H2. The van der Waals surface area contributed by atoms with E-state index in [2.05, 4.69) is 6.58 Å². The summed E-state index contributed by atoms with van der Waals surface area (Å²) in [5, 5.41) is 0. The van der Waals surface area contributed by atoms with Crippen LogP contribution in [0.4, 0.5) is 0 Å². The van der Waals surface area contributed by atoms with Crippen molar-refractivity contribution < 1.29 is 13.3 Å². The van der Waals surface area contributed by atoms with Crippen molar-refractivity contribution in [1.29, 1.82) is 0 Å². The molecule has 3 aromatic rings. The zero-order valence-electron chi connectivity index (χ0n) is 13.9. The predicted molar refractivity (Wildman–Crippen MR) is 102 cm³/mol. The van der Waals surface area contributed by atoms with Gasteiger partial charge in [0.2, 0.25) is 0 Å². The molecule has 0 aliphatic heterocycles. The molecular weight excluding hydrogens is 328 g/mol. The lowest BCUT2D eigenvalue weighted by Crippen LogP contribution is -2.54. The third-order valence-corrected chi connectivity index (χ3v) is 5.87. The molecule has 0 atom stereocenters. The summed E-state index contributed by atoms with van der Waals surface area (Å²) < 4.78 is 18.8. The van der Waals surface area contributed by atoms with Crippen LogP contribution in [0.3, 0.4) is 0 Å². The van der Waals surface area contributed by atoms with E-state index >= 15 is 0 Å². The SMILES string of the molecule is C=CC[Si](Oc1ccccc1)(Oc1ccccc1)Oc1ccccc1. The first-order valence-corrected chi connectivity index (χ1v) is 10.1. The zero-order valence-corrected chi connectivity index (χ0v) is 14.9. The molecule has 126 valence electrons. The van der Waals surface area contributed by atoms with Crippen LogP contribution in [-0.4, -0.2) is 8.80 Å². The highest BCUT2D eigenvalue weighted by molar-refractivity contribution is 6.63.